The zero-order valence-electron chi connectivity index (χ0n) is 10.5. The van der Waals surface area contributed by atoms with E-state index in [1.807, 2.05) is 6.07 Å². The van der Waals surface area contributed by atoms with Crippen molar-refractivity contribution in [2.24, 2.45) is 5.73 Å². The highest BCUT2D eigenvalue weighted by Gasteiger charge is 2.13. The minimum Gasteiger partial charge on any atom is -0.321 e. The van der Waals surface area contributed by atoms with E-state index >= 15 is 0 Å². The number of rotatable bonds is 2. The quantitative estimate of drug-likeness (QED) is 0.682. The van der Waals surface area contributed by atoms with E-state index in [0.717, 1.165) is 15.4 Å². The molecule has 1 nitrogen and oxygen atoms in total. The lowest BCUT2D eigenvalue weighted by Crippen LogP contribution is -2.14. The van der Waals surface area contributed by atoms with Crippen molar-refractivity contribution in [2.45, 2.75) is 44.6 Å². The molecule has 0 radical (unpaired) electrons. The van der Waals surface area contributed by atoms with Crippen molar-refractivity contribution in [3.63, 3.8) is 0 Å². The van der Waals surface area contributed by atoms with Crippen molar-refractivity contribution in [3.8, 4) is 0 Å². The van der Waals surface area contributed by atoms with E-state index in [9.17, 15) is 0 Å². The van der Waals surface area contributed by atoms with Gasteiger partial charge in [0.2, 0.25) is 0 Å². The Morgan fingerprint density at radius 2 is 1.61 bits per heavy atom. The largest absolute Gasteiger partial charge is 0.321 e. The van der Waals surface area contributed by atoms with E-state index in [1.54, 1.807) is 0 Å². The van der Waals surface area contributed by atoms with Crippen LogP contribution in [0.2, 0.25) is 0 Å². The number of hydrogen-bond donors (Lipinski definition) is 1. The topological polar surface area (TPSA) is 26.0 Å². The fourth-order valence-corrected chi connectivity index (χ4v) is 3.80. The van der Waals surface area contributed by atoms with Crippen LogP contribution in [0.4, 0.5) is 0 Å². The van der Waals surface area contributed by atoms with E-state index in [1.165, 1.54) is 43.2 Å². The highest BCUT2D eigenvalue weighted by molar-refractivity contribution is 9.11. The molecule has 0 aliphatic heterocycles. The van der Waals surface area contributed by atoms with Gasteiger partial charge < -0.3 is 5.73 Å². The number of nitrogens with two attached hydrogens (primary N) is 1. The number of allylic oxidation sites excluding steroid dienone is 1. The second-order valence-electron chi connectivity index (χ2n) is 4.91. The molecule has 1 atom stereocenters. The molecule has 1 aromatic rings. The molecule has 0 bridgehead atoms. The van der Waals surface area contributed by atoms with Gasteiger partial charge in [0, 0.05) is 8.95 Å². The van der Waals surface area contributed by atoms with Crippen LogP contribution in [0, 0.1) is 0 Å². The third-order valence-electron chi connectivity index (χ3n) is 3.47. The molecule has 1 unspecified atom stereocenters. The van der Waals surface area contributed by atoms with Gasteiger partial charge >= 0.3 is 0 Å². The van der Waals surface area contributed by atoms with Crippen LogP contribution in [-0.4, -0.2) is 0 Å². The van der Waals surface area contributed by atoms with Crippen LogP contribution >= 0.6 is 31.9 Å². The van der Waals surface area contributed by atoms with Crippen LogP contribution < -0.4 is 5.73 Å². The maximum atomic E-state index is 6.42. The first-order valence-electron chi connectivity index (χ1n) is 6.57. The van der Waals surface area contributed by atoms with E-state index < -0.39 is 0 Å². The average Bonchev–Trinajstić information content (AvgIpc) is 2.26. The number of benzene rings is 1. The van der Waals surface area contributed by atoms with Gasteiger partial charge in [-0.25, -0.2) is 0 Å². The van der Waals surface area contributed by atoms with Gasteiger partial charge in [0.15, 0.2) is 0 Å². The molecule has 0 spiro atoms. The lowest BCUT2D eigenvalue weighted by atomic mass is 9.91. The Morgan fingerprint density at radius 1 is 0.944 bits per heavy atom. The molecule has 1 aliphatic carbocycles. The van der Waals surface area contributed by atoms with E-state index in [0.29, 0.717) is 0 Å². The Balaban J connectivity index is 2.20. The number of halogens is 2. The van der Waals surface area contributed by atoms with Gasteiger partial charge in [0.05, 0.1) is 6.04 Å². The normalized spacial score (nSPS) is 21.6. The first-order valence-corrected chi connectivity index (χ1v) is 8.16. The van der Waals surface area contributed by atoms with Crippen LogP contribution in [0.15, 0.2) is 38.8 Å². The zero-order valence-corrected chi connectivity index (χ0v) is 13.6. The van der Waals surface area contributed by atoms with Gasteiger partial charge in [-0.15, -0.1) is 0 Å². The third kappa shape index (κ3) is 3.94. The molecule has 0 amide bonds. The van der Waals surface area contributed by atoms with Gasteiger partial charge in [-0.1, -0.05) is 56.4 Å². The maximum Gasteiger partial charge on any atom is 0.0511 e. The summed E-state index contributed by atoms with van der Waals surface area (Å²) in [5, 5.41) is 0. The van der Waals surface area contributed by atoms with Crippen LogP contribution in [0.5, 0.6) is 0 Å². The molecule has 3 heteroatoms. The molecule has 0 heterocycles. The molecule has 18 heavy (non-hydrogen) atoms. The Morgan fingerprint density at radius 3 is 2.33 bits per heavy atom. The van der Waals surface area contributed by atoms with Crippen molar-refractivity contribution in [1.82, 2.24) is 0 Å². The Labute approximate surface area is 126 Å². The lowest BCUT2D eigenvalue weighted by Gasteiger charge is -2.19. The van der Waals surface area contributed by atoms with Gasteiger partial charge in [-0.2, -0.15) is 0 Å². The summed E-state index contributed by atoms with van der Waals surface area (Å²) in [4.78, 5) is 0. The minimum atomic E-state index is 0.0388. The molecule has 98 valence electrons. The van der Waals surface area contributed by atoms with Crippen molar-refractivity contribution in [3.05, 3.63) is 44.4 Å². The predicted octanol–water partition coefficient (Wildman–Crippen LogP) is 5.49. The SMILES string of the molecule is NC(/C1=C/CCCCCC1)c1cc(Br)cc(Br)c1. The monoisotopic (exact) mass is 371 g/mol. The molecule has 0 saturated heterocycles. The van der Waals surface area contributed by atoms with Gasteiger partial charge in [0.1, 0.15) is 0 Å². The fourth-order valence-electron chi connectivity index (χ4n) is 2.47. The van der Waals surface area contributed by atoms with Gasteiger partial charge in [-0.3, -0.25) is 0 Å². The average molecular weight is 373 g/mol. The Hall–Kier alpha value is -0.120. The van der Waals surface area contributed by atoms with Gasteiger partial charge in [-0.05, 0) is 49.4 Å². The van der Waals surface area contributed by atoms with Crippen LogP contribution in [-0.2, 0) is 0 Å². The smallest absolute Gasteiger partial charge is 0.0511 e. The summed E-state index contributed by atoms with van der Waals surface area (Å²) >= 11 is 7.06. The van der Waals surface area contributed by atoms with Crippen molar-refractivity contribution in [2.75, 3.05) is 0 Å². The molecular formula is C15H19Br2N. The molecule has 0 aromatic heterocycles. The summed E-state index contributed by atoms with van der Waals surface area (Å²) in [6, 6.07) is 6.32. The van der Waals surface area contributed by atoms with E-state index in [4.69, 9.17) is 5.73 Å². The molecule has 2 N–H and O–H groups in total. The molecule has 1 aliphatic rings. The van der Waals surface area contributed by atoms with Crippen molar-refractivity contribution >= 4 is 31.9 Å². The first-order chi connectivity index (χ1) is 8.66. The van der Waals surface area contributed by atoms with E-state index in [2.05, 4.69) is 50.1 Å². The first kappa shape index (κ1) is 14.3. The third-order valence-corrected chi connectivity index (χ3v) is 4.39. The van der Waals surface area contributed by atoms with E-state index in [-0.39, 0.29) is 6.04 Å². The highest BCUT2D eigenvalue weighted by Crippen LogP contribution is 2.30. The molecule has 0 fully saturated rings. The van der Waals surface area contributed by atoms with Crippen LogP contribution in [0.1, 0.15) is 50.1 Å². The predicted molar refractivity (Wildman–Crippen MR) is 84.6 cm³/mol. The molecular weight excluding hydrogens is 354 g/mol. The minimum absolute atomic E-state index is 0.0388. The fraction of sp³-hybridized carbons (Fsp3) is 0.467. The Kier molecular flexibility index (Phi) is 5.46. The van der Waals surface area contributed by atoms with Crippen molar-refractivity contribution < 1.29 is 0 Å². The highest BCUT2D eigenvalue weighted by atomic mass is 79.9. The summed E-state index contributed by atoms with van der Waals surface area (Å²) in [6.45, 7) is 0. The summed E-state index contributed by atoms with van der Waals surface area (Å²) in [5.74, 6) is 0. The second kappa shape index (κ2) is 6.88. The van der Waals surface area contributed by atoms with Gasteiger partial charge in [0.25, 0.3) is 0 Å². The summed E-state index contributed by atoms with van der Waals surface area (Å²) < 4.78 is 2.16. The summed E-state index contributed by atoms with van der Waals surface area (Å²) in [5.41, 5.74) is 9.00. The molecule has 0 saturated carbocycles. The second-order valence-corrected chi connectivity index (χ2v) is 6.74. The standard InChI is InChI=1S/C15H19Br2N/c16-13-8-12(9-14(17)10-13)15(18)11-6-4-2-1-3-5-7-11/h6,8-10,15H,1-5,7,18H2/b11-6+. The molecule has 2 rings (SSSR count). The van der Waals surface area contributed by atoms with Crippen LogP contribution in [0.3, 0.4) is 0 Å². The Bertz CT molecular complexity index is 420. The molecule has 1 aromatic carbocycles. The summed E-state index contributed by atoms with van der Waals surface area (Å²) in [7, 11) is 0. The van der Waals surface area contributed by atoms with Crippen molar-refractivity contribution in [1.29, 1.82) is 0 Å². The van der Waals surface area contributed by atoms with Crippen LogP contribution in [0.25, 0.3) is 0 Å². The summed E-state index contributed by atoms with van der Waals surface area (Å²) in [6.07, 6.45) is 9.96. The zero-order chi connectivity index (χ0) is 13.0. The number of hydrogen-bond acceptors (Lipinski definition) is 1. The maximum absolute atomic E-state index is 6.42. The lowest BCUT2D eigenvalue weighted by molar-refractivity contribution is 0.602.